The summed E-state index contributed by atoms with van der Waals surface area (Å²) in [6, 6.07) is 2.99. The first kappa shape index (κ1) is 11.4. The van der Waals surface area contributed by atoms with E-state index in [1.807, 2.05) is 19.0 Å². The van der Waals surface area contributed by atoms with Crippen LogP contribution in [0.25, 0.3) is 0 Å². The minimum Gasteiger partial charge on any atom is -0.363 e. The maximum atomic E-state index is 10.6. The molecule has 1 N–H and O–H groups in total. The van der Waals surface area contributed by atoms with Gasteiger partial charge in [-0.2, -0.15) is 0 Å². The predicted molar refractivity (Wildman–Crippen MR) is 57.9 cm³/mol. The molecule has 1 rings (SSSR count). The number of nitro groups is 1. The largest absolute Gasteiger partial charge is 0.363 e. The lowest BCUT2D eigenvalue weighted by molar-refractivity contribution is -0.384. The minimum atomic E-state index is -0.439. The van der Waals surface area contributed by atoms with Crippen molar-refractivity contribution < 1.29 is 4.92 Å². The molecule has 0 saturated heterocycles. The lowest BCUT2D eigenvalue weighted by Crippen LogP contribution is -2.21. The number of likely N-dealkylation sites (N-methyl/N-ethyl adjacent to an activating group) is 1. The molecule has 0 aliphatic heterocycles. The molecule has 0 aliphatic rings. The van der Waals surface area contributed by atoms with Crippen LogP contribution in [0.1, 0.15) is 0 Å². The average molecular weight is 210 g/mol. The normalized spacial score (nSPS) is 10.3. The van der Waals surface area contributed by atoms with E-state index in [-0.39, 0.29) is 5.69 Å². The first-order valence-corrected chi connectivity index (χ1v) is 4.59. The molecule has 0 spiro atoms. The molecular weight excluding hydrogens is 196 g/mol. The molecule has 0 fully saturated rings. The maximum absolute atomic E-state index is 10.6. The third kappa shape index (κ3) is 3.51. The zero-order chi connectivity index (χ0) is 11.3. The van der Waals surface area contributed by atoms with Gasteiger partial charge in [0.2, 0.25) is 5.82 Å². The van der Waals surface area contributed by atoms with Crippen molar-refractivity contribution in [2.24, 2.45) is 0 Å². The molecule has 0 unspecified atom stereocenters. The summed E-state index contributed by atoms with van der Waals surface area (Å²) in [7, 11) is 3.88. The van der Waals surface area contributed by atoms with Crippen molar-refractivity contribution in [3.8, 4) is 0 Å². The molecule has 15 heavy (non-hydrogen) atoms. The van der Waals surface area contributed by atoms with Gasteiger partial charge < -0.3 is 10.2 Å². The molecule has 0 amide bonds. The molecule has 6 nitrogen and oxygen atoms in total. The highest BCUT2D eigenvalue weighted by Gasteiger charge is 2.12. The Hall–Kier alpha value is -1.69. The number of anilines is 1. The Labute approximate surface area is 88.1 Å². The summed E-state index contributed by atoms with van der Waals surface area (Å²) in [5, 5.41) is 13.6. The Morgan fingerprint density at radius 3 is 2.93 bits per heavy atom. The molecule has 6 heteroatoms. The Bertz CT molecular complexity index is 341. The van der Waals surface area contributed by atoms with E-state index in [4.69, 9.17) is 0 Å². The van der Waals surface area contributed by atoms with Gasteiger partial charge in [-0.3, -0.25) is 10.1 Å². The summed E-state index contributed by atoms with van der Waals surface area (Å²) < 4.78 is 0. The molecule has 82 valence electrons. The summed E-state index contributed by atoms with van der Waals surface area (Å²) in [6.07, 6.45) is 1.53. The second kappa shape index (κ2) is 5.26. The SMILES string of the molecule is CN(C)CCNc1ncccc1[N+](=O)[O-]. The highest BCUT2D eigenvalue weighted by atomic mass is 16.6. The second-order valence-corrected chi connectivity index (χ2v) is 3.36. The molecule has 1 heterocycles. The van der Waals surface area contributed by atoms with E-state index >= 15 is 0 Å². The van der Waals surface area contributed by atoms with Crippen LogP contribution in [0.15, 0.2) is 18.3 Å². The van der Waals surface area contributed by atoms with Crippen molar-refractivity contribution in [3.63, 3.8) is 0 Å². The lowest BCUT2D eigenvalue weighted by Gasteiger charge is -2.10. The summed E-state index contributed by atoms with van der Waals surface area (Å²) in [5.41, 5.74) is 0.0104. The van der Waals surface area contributed by atoms with Crippen LogP contribution in [-0.4, -0.2) is 42.0 Å². The first-order chi connectivity index (χ1) is 7.11. The fourth-order valence-corrected chi connectivity index (χ4v) is 1.08. The number of pyridine rings is 1. The summed E-state index contributed by atoms with van der Waals surface area (Å²) in [5.74, 6) is 0.323. The molecule has 0 radical (unpaired) electrons. The van der Waals surface area contributed by atoms with Gasteiger partial charge in [-0.15, -0.1) is 0 Å². The van der Waals surface area contributed by atoms with E-state index in [0.717, 1.165) is 6.54 Å². The Morgan fingerprint density at radius 2 is 2.33 bits per heavy atom. The Balaban J connectivity index is 2.63. The number of rotatable bonds is 5. The van der Waals surface area contributed by atoms with Crippen LogP contribution in [0, 0.1) is 10.1 Å². The maximum Gasteiger partial charge on any atom is 0.311 e. The number of nitrogens with zero attached hydrogens (tertiary/aromatic N) is 3. The van der Waals surface area contributed by atoms with Crippen molar-refractivity contribution in [1.82, 2.24) is 9.88 Å². The standard InChI is InChI=1S/C9H14N4O2/c1-12(2)7-6-11-9-8(13(14)15)4-3-5-10-9/h3-5H,6-7H2,1-2H3,(H,10,11). The highest BCUT2D eigenvalue weighted by molar-refractivity contribution is 5.54. The van der Waals surface area contributed by atoms with Gasteiger partial charge in [-0.05, 0) is 20.2 Å². The Kier molecular flexibility index (Phi) is 3.99. The van der Waals surface area contributed by atoms with E-state index in [1.54, 1.807) is 6.07 Å². The van der Waals surface area contributed by atoms with Crippen molar-refractivity contribution >= 4 is 11.5 Å². The van der Waals surface area contributed by atoms with E-state index in [0.29, 0.717) is 12.4 Å². The number of hydrogen-bond acceptors (Lipinski definition) is 5. The highest BCUT2D eigenvalue weighted by Crippen LogP contribution is 2.19. The fraction of sp³-hybridized carbons (Fsp3) is 0.444. The van der Waals surface area contributed by atoms with Crippen LogP contribution in [0.3, 0.4) is 0 Å². The fourth-order valence-electron chi connectivity index (χ4n) is 1.08. The average Bonchev–Trinajstić information content (AvgIpc) is 2.17. The topological polar surface area (TPSA) is 71.3 Å². The molecule has 0 saturated carbocycles. The van der Waals surface area contributed by atoms with Gasteiger partial charge in [0.25, 0.3) is 0 Å². The molecular formula is C9H14N4O2. The van der Waals surface area contributed by atoms with Gasteiger partial charge >= 0.3 is 5.69 Å². The molecule has 0 aliphatic carbocycles. The van der Waals surface area contributed by atoms with E-state index in [9.17, 15) is 10.1 Å². The van der Waals surface area contributed by atoms with Crippen molar-refractivity contribution in [2.45, 2.75) is 0 Å². The monoisotopic (exact) mass is 210 g/mol. The van der Waals surface area contributed by atoms with Crippen LogP contribution < -0.4 is 5.32 Å². The van der Waals surface area contributed by atoms with E-state index in [2.05, 4.69) is 10.3 Å². The zero-order valence-corrected chi connectivity index (χ0v) is 8.80. The van der Waals surface area contributed by atoms with Gasteiger partial charge in [-0.1, -0.05) is 0 Å². The summed E-state index contributed by atoms with van der Waals surface area (Å²) >= 11 is 0. The zero-order valence-electron chi connectivity index (χ0n) is 8.80. The van der Waals surface area contributed by atoms with Gasteiger partial charge in [-0.25, -0.2) is 4.98 Å². The molecule has 1 aromatic heterocycles. The van der Waals surface area contributed by atoms with Gasteiger partial charge in [0, 0.05) is 25.4 Å². The van der Waals surface area contributed by atoms with E-state index < -0.39 is 4.92 Å². The number of hydrogen-bond donors (Lipinski definition) is 1. The van der Waals surface area contributed by atoms with Gasteiger partial charge in [0.15, 0.2) is 0 Å². The Morgan fingerprint density at radius 1 is 1.60 bits per heavy atom. The number of aromatic nitrogens is 1. The van der Waals surface area contributed by atoms with Crippen LogP contribution >= 0.6 is 0 Å². The van der Waals surface area contributed by atoms with Crippen LogP contribution in [-0.2, 0) is 0 Å². The summed E-state index contributed by atoms with van der Waals surface area (Å²) in [6.45, 7) is 1.43. The van der Waals surface area contributed by atoms with Crippen LogP contribution in [0.4, 0.5) is 11.5 Å². The third-order valence-electron chi connectivity index (χ3n) is 1.83. The smallest absolute Gasteiger partial charge is 0.311 e. The van der Waals surface area contributed by atoms with Crippen molar-refractivity contribution in [2.75, 3.05) is 32.5 Å². The second-order valence-electron chi connectivity index (χ2n) is 3.36. The lowest BCUT2D eigenvalue weighted by atomic mass is 10.4. The van der Waals surface area contributed by atoms with E-state index in [1.165, 1.54) is 12.3 Å². The third-order valence-corrected chi connectivity index (χ3v) is 1.83. The van der Waals surface area contributed by atoms with Crippen LogP contribution in [0.5, 0.6) is 0 Å². The molecule has 0 bridgehead atoms. The molecule has 1 aromatic rings. The van der Waals surface area contributed by atoms with Crippen molar-refractivity contribution in [3.05, 3.63) is 28.4 Å². The minimum absolute atomic E-state index is 0.0104. The molecule has 0 aromatic carbocycles. The molecule has 0 atom stereocenters. The van der Waals surface area contributed by atoms with Crippen LogP contribution in [0.2, 0.25) is 0 Å². The number of nitrogens with one attached hydrogen (secondary N) is 1. The first-order valence-electron chi connectivity index (χ1n) is 4.59. The van der Waals surface area contributed by atoms with Gasteiger partial charge in [0.1, 0.15) is 0 Å². The van der Waals surface area contributed by atoms with Gasteiger partial charge in [0.05, 0.1) is 4.92 Å². The summed E-state index contributed by atoms with van der Waals surface area (Å²) in [4.78, 5) is 16.1. The predicted octanol–water partition coefficient (Wildman–Crippen LogP) is 0.963. The quantitative estimate of drug-likeness (QED) is 0.579. The van der Waals surface area contributed by atoms with Crippen molar-refractivity contribution in [1.29, 1.82) is 0 Å².